The van der Waals surface area contributed by atoms with Crippen molar-refractivity contribution in [3.05, 3.63) is 30.2 Å². The summed E-state index contributed by atoms with van der Waals surface area (Å²) in [5.41, 5.74) is 0.145. The lowest BCUT2D eigenvalue weighted by atomic mass is 9.86. The Hall–Kier alpha value is -2.35. The molecule has 5 heteroatoms. The topological polar surface area (TPSA) is 67.9 Å². The summed E-state index contributed by atoms with van der Waals surface area (Å²) in [6, 6.07) is 4.07. The molecule has 2 aromatic heterocycles. The standard InChI is InChI=1S/C16H19N3O2/c1-15(2,3)21-14(20)19-9-12(16(4,5)10-17)11-6-7-18-8-13(11)19/h6-9H,1-5H3. The van der Waals surface area contributed by atoms with Crippen LogP contribution < -0.4 is 0 Å². The molecule has 2 rings (SSSR count). The normalized spacial score (nSPS) is 12.2. The van der Waals surface area contributed by atoms with Crippen LogP contribution in [0.25, 0.3) is 10.9 Å². The highest BCUT2D eigenvalue weighted by molar-refractivity contribution is 5.92. The summed E-state index contributed by atoms with van der Waals surface area (Å²) in [5, 5.41) is 10.2. The van der Waals surface area contributed by atoms with Crippen LogP contribution >= 0.6 is 0 Å². The van der Waals surface area contributed by atoms with Crippen molar-refractivity contribution >= 4 is 17.0 Å². The molecule has 0 saturated heterocycles. The van der Waals surface area contributed by atoms with E-state index in [0.717, 1.165) is 10.9 Å². The largest absolute Gasteiger partial charge is 0.443 e. The third-order valence-electron chi connectivity index (χ3n) is 3.15. The fourth-order valence-corrected chi connectivity index (χ4v) is 2.09. The molecule has 0 spiro atoms. The first-order chi connectivity index (χ1) is 9.65. The van der Waals surface area contributed by atoms with Gasteiger partial charge in [0.25, 0.3) is 0 Å². The zero-order chi connectivity index (χ0) is 15.8. The van der Waals surface area contributed by atoms with Crippen LogP contribution in [0.15, 0.2) is 24.7 Å². The highest BCUT2D eigenvalue weighted by Crippen LogP contribution is 2.31. The third kappa shape index (κ3) is 2.89. The van der Waals surface area contributed by atoms with Gasteiger partial charge in [-0.2, -0.15) is 5.26 Å². The van der Waals surface area contributed by atoms with Gasteiger partial charge in [0.2, 0.25) is 0 Å². The number of carbonyl (C=O) groups is 1. The van der Waals surface area contributed by atoms with Gasteiger partial charge in [-0.25, -0.2) is 4.79 Å². The van der Waals surface area contributed by atoms with Crippen molar-refractivity contribution in [2.75, 3.05) is 0 Å². The maximum atomic E-state index is 12.3. The van der Waals surface area contributed by atoms with Gasteiger partial charge in [0.1, 0.15) is 5.60 Å². The molecule has 0 unspecified atom stereocenters. The third-order valence-corrected chi connectivity index (χ3v) is 3.15. The van der Waals surface area contributed by atoms with Crippen LogP contribution in [-0.4, -0.2) is 21.2 Å². The zero-order valence-electron chi connectivity index (χ0n) is 13.0. The van der Waals surface area contributed by atoms with Gasteiger partial charge in [0.15, 0.2) is 0 Å². The fourth-order valence-electron chi connectivity index (χ4n) is 2.09. The van der Waals surface area contributed by atoms with Gasteiger partial charge >= 0.3 is 6.09 Å². The first-order valence-corrected chi connectivity index (χ1v) is 6.76. The number of nitriles is 1. The van der Waals surface area contributed by atoms with Gasteiger partial charge < -0.3 is 4.74 Å². The predicted molar refractivity (Wildman–Crippen MR) is 80.0 cm³/mol. The summed E-state index contributed by atoms with van der Waals surface area (Å²) < 4.78 is 6.82. The zero-order valence-corrected chi connectivity index (χ0v) is 13.0. The lowest BCUT2D eigenvalue weighted by molar-refractivity contribution is 0.0544. The molecule has 21 heavy (non-hydrogen) atoms. The van der Waals surface area contributed by atoms with E-state index in [1.807, 2.05) is 40.7 Å². The highest BCUT2D eigenvalue weighted by Gasteiger charge is 2.28. The minimum absolute atomic E-state index is 0.472. The van der Waals surface area contributed by atoms with Crippen molar-refractivity contribution in [1.82, 2.24) is 9.55 Å². The molecule has 0 aliphatic carbocycles. The molecule has 0 aliphatic rings. The molecular formula is C16H19N3O2. The van der Waals surface area contributed by atoms with E-state index in [9.17, 15) is 10.1 Å². The summed E-state index contributed by atoms with van der Waals surface area (Å²) >= 11 is 0. The summed E-state index contributed by atoms with van der Waals surface area (Å²) in [7, 11) is 0. The maximum absolute atomic E-state index is 12.3. The number of carbonyl (C=O) groups excluding carboxylic acids is 1. The Morgan fingerprint density at radius 3 is 2.57 bits per heavy atom. The van der Waals surface area contributed by atoms with Crippen LogP contribution in [0.1, 0.15) is 40.2 Å². The molecule has 0 atom stereocenters. The van der Waals surface area contributed by atoms with E-state index in [4.69, 9.17) is 4.74 Å². The number of rotatable bonds is 1. The van der Waals surface area contributed by atoms with E-state index in [2.05, 4.69) is 11.1 Å². The van der Waals surface area contributed by atoms with E-state index in [0.29, 0.717) is 5.52 Å². The summed E-state index contributed by atoms with van der Waals surface area (Å²) in [6.07, 6.45) is 4.46. The second kappa shape index (κ2) is 4.88. The van der Waals surface area contributed by atoms with Crippen molar-refractivity contribution in [3.8, 4) is 6.07 Å². The number of fused-ring (bicyclic) bond motifs is 1. The van der Waals surface area contributed by atoms with Crippen molar-refractivity contribution in [2.45, 2.75) is 45.6 Å². The van der Waals surface area contributed by atoms with Crippen molar-refractivity contribution < 1.29 is 9.53 Å². The monoisotopic (exact) mass is 285 g/mol. The fraction of sp³-hybridized carbons (Fsp3) is 0.438. The van der Waals surface area contributed by atoms with Gasteiger partial charge in [0.05, 0.1) is 23.2 Å². The Labute approximate surface area is 124 Å². The van der Waals surface area contributed by atoms with Crippen molar-refractivity contribution in [2.24, 2.45) is 0 Å². The molecule has 0 bridgehead atoms. The predicted octanol–water partition coefficient (Wildman–Crippen LogP) is 3.62. The lowest BCUT2D eigenvalue weighted by Gasteiger charge is -2.19. The first-order valence-electron chi connectivity index (χ1n) is 6.76. The Morgan fingerprint density at radius 1 is 1.33 bits per heavy atom. The molecule has 2 aromatic rings. The Morgan fingerprint density at radius 2 is 2.00 bits per heavy atom. The van der Waals surface area contributed by atoms with E-state index < -0.39 is 17.1 Å². The molecule has 0 radical (unpaired) electrons. The minimum Gasteiger partial charge on any atom is -0.443 e. The Bertz CT molecular complexity index is 730. The highest BCUT2D eigenvalue weighted by atomic mass is 16.6. The molecule has 0 aliphatic heterocycles. The number of hydrogen-bond acceptors (Lipinski definition) is 4. The van der Waals surface area contributed by atoms with Crippen LogP contribution in [0.4, 0.5) is 4.79 Å². The quantitative estimate of drug-likeness (QED) is 0.802. The maximum Gasteiger partial charge on any atom is 0.419 e. The van der Waals surface area contributed by atoms with Crippen LogP contribution in [-0.2, 0) is 10.2 Å². The van der Waals surface area contributed by atoms with E-state index in [1.54, 1.807) is 18.6 Å². The number of hydrogen-bond donors (Lipinski definition) is 0. The first kappa shape index (κ1) is 15.0. The summed E-state index contributed by atoms with van der Waals surface area (Å²) in [6.45, 7) is 9.09. The second-order valence-corrected chi connectivity index (χ2v) is 6.52. The summed E-state index contributed by atoms with van der Waals surface area (Å²) in [5.74, 6) is 0. The van der Waals surface area contributed by atoms with Crippen LogP contribution in [0.5, 0.6) is 0 Å². The average molecular weight is 285 g/mol. The van der Waals surface area contributed by atoms with E-state index in [-0.39, 0.29) is 0 Å². The van der Waals surface area contributed by atoms with E-state index >= 15 is 0 Å². The SMILES string of the molecule is CC(C)(C)OC(=O)n1cc(C(C)(C)C#N)c2ccncc21. The van der Waals surface area contributed by atoms with Gasteiger partial charge in [-0.1, -0.05) is 0 Å². The molecule has 5 nitrogen and oxygen atoms in total. The molecule has 0 fully saturated rings. The Kier molecular flexibility index (Phi) is 3.50. The number of ether oxygens (including phenoxy) is 1. The van der Waals surface area contributed by atoms with Crippen LogP contribution in [0, 0.1) is 11.3 Å². The molecule has 0 aromatic carbocycles. The molecular weight excluding hydrogens is 266 g/mol. The molecule has 110 valence electrons. The molecule has 0 N–H and O–H groups in total. The second-order valence-electron chi connectivity index (χ2n) is 6.52. The van der Waals surface area contributed by atoms with Gasteiger partial charge in [-0.05, 0) is 46.2 Å². The molecule has 2 heterocycles. The molecule has 0 amide bonds. The van der Waals surface area contributed by atoms with Crippen molar-refractivity contribution in [3.63, 3.8) is 0 Å². The van der Waals surface area contributed by atoms with Crippen LogP contribution in [0.3, 0.4) is 0 Å². The van der Waals surface area contributed by atoms with E-state index in [1.165, 1.54) is 4.57 Å². The minimum atomic E-state index is -0.702. The molecule has 0 saturated carbocycles. The van der Waals surface area contributed by atoms with Gasteiger partial charge in [-0.3, -0.25) is 9.55 Å². The lowest BCUT2D eigenvalue weighted by Crippen LogP contribution is -2.26. The number of nitrogens with zero attached hydrogens (tertiary/aromatic N) is 3. The Balaban J connectivity index is 2.62. The smallest absolute Gasteiger partial charge is 0.419 e. The van der Waals surface area contributed by atoms with Gasteiger partial charge in [0, 0.05) is 17.8 Å². The van der Waals surface area contributed by atoms with Gasteiger partial charge in [-0.15, -0.1) is 0 Å². The summed E-state index contributed by atoms with van der Waals surface area (Å²) in [4.78, 5) is 16.4. The number of pyridine rings is 1. The average Bonchev–Trinajstić information content (AvgIpc) is 2.77. The number of aromatic nitrogens is 2. The van der Waals surface area contributed by atoms with Crippen molar-refractivity contribution in [1.29, 1.82) is 5.26 Å². The van der Waals surface area contributed by atoms with Crippen LogP contribution in [0.2, 0.25) is 0 Å².